The summed E-state index contributed by atoms with van der Waals surface area (Å²) in [6.45, 7) is 0.199. The maximum atomic E-state index is 13.5. The lowest BCUT2D eigenvalue weighted by atomic mass is 9.70. The Balaban J connectivity index is 1.37. The van der Waals surface area contributed by atoms with Gasteiger partial charge in [-0.1, -0.05) is 49.6 Å². The van der Waals surface area contributed by atoms with E-state index in [9.17, 15) is 19.5 Å². The Morgan fingerprint density at radius 2 is 1.85 bits per heavy atom. The van der Waals surface area contributed by atoms with Gasteiger partial charge in [0.1, 0.15) is 11.6 Å². The number of amides is 3. The summed E-state index contributed by atoms with van der Waals surface area (Å²) in [6.07, 6.45) is 6.09. The summed E-state index contributed by atoms with van der Waals surface area (Å²) in [5, 5.41) is 15.8. The minimum atomic E-state index is -0.996. The third kappa shape index (κ3) is 3.83. The monoisotopic (exact) mass is 455 g/mol. The molecular formula is C25H33N3O5. The first-order chi connectivity index (χ1) is 16.0. The zero-order chi connectivity index (χ0) is 23.0. The number of ether oxygens (including phenoxy) is 1. The van der Waals surface area contributed by atoms with Crippen LogP contribution in [0, 0.1) is 11.8 Å². The molecule has 3 heterocycles. The summed E-state index contributed by atoms with van der Waals surface area (Å²) in [6, 6.07) is 8.93. The first kappa shape index (κ1) is 22.3. The number of aliphatic hydroxyl groups excluding tert-OH is 1. The van der Waals surface area contributed by atoms with Crippen molar-refractivity contribution in [3.63, 3.8) is 0 Å². The maximum Gasteiger partial charge on any atom is 0.246 e. The fourth-order valence-corrected chi connectivity index (χ4v) is 6.53. The molecule has 3 N–H and O–H groups in total. The molecule has 2 bridgehead atoms. The molecule has 1 spiro atoms. The summed E-state index contributed by atoms with van der Waals surface area (Å²) < 4.78 is 6.37. The number of likely N-dealkylation sites (tertiary alicyclic amines) is 1. The van der Waals surface area contributed by atoms with E-state index in [4.69, 9.17) is 4.74 Å². The highest BCUT2D eigenvalue weighted by atomic mass is 16.5. The van der Waals surface area contributed by atoms with Crippen LogP contribution in [-0.2, 0) is 25.7 Å². The average Bonchev–Trinajstić information content (AvgIpc) is 3.47. The van der Waals surface area contributed by atoms with E-state index < -0.39 is 23.5 Å². The molecular weight excluding hydrogens is 422 g/mol. The van der Waals surface area contributed by atoms with E-state index in [1.165, 1.54) is 11.3 Å². The largest absolute Gasteiger partial charge is 0.395 e. The van der Waals surface area contributed by atoms with E-state index in [2.05, 4.69) is 10.6 Å². The van der Waals surface area contributed by atoms with Crippen LogP contribution in [0.5, 0.6) is 0 Å². The highest BCUT2D eigenvalue weighted by Gasteiger charge is 2.74. The van der Waals surface area contributed by atoms with Crippen molar-refractivity contribution >= 4 is 17.7 Å². The van der Waals surface area contributed by atoms with Crippen LogP contribution in [0.15, 0.2) is 30.3 Å². The Kier molecular flexibility index (Phi) is 6.14. The number of hydrogen-bond donors (Lipinski definition) is 3. The number of rotatable bonds is 7. The number of nitrogens with zero attached hydrogens (tertiary/aromatic N) is 1. The van der Waals surface area contributed by atoms with Crippen molar-refractivity contribution in [2.75, 3.05) is 13.2 Å². The van der Waals surface area contributed by atoms with Gasteiger partial charge in [-0.05, 0) is 31.2 Å². The van der Waals surface area contributed by atoms with Crippen LogP contribution in [0.2, 0.25) is 0 Å². The van der Waals surface area contributed by atoms with Gasteiger partial charge in [0.25, 0.3) is 0 Å². The zero-order valence-corrected chi connectivity index (χ0v) is 18.9. The van der Waals surface area contributed by atoms with Crippen molar-refractivity contribution < 1.29 is 24.2 Å². The molecule has 1 aliphatic carbocycles. The predicted octanol–water partition coefficient (Wildman–Crippen LogP) is 1.12. The molecule has 5 atom stereocenters. The van der Waals surface area contributed by atoms with Crippen molar-refractivity contribution in [1.82, 2.24) is 15.5 Å². The molecule has 0 aromatic heterocycles. The second-order valence-corrected chi connectivity index (χ2v) is 9.86. The first-order valence-corrected chi connectivity index (χ1v) is 12.3. The van der Waals surface area contributed by atoms with E-state index in [0.29, 0.717) is 19.4 Å². The predicted molar refractivity (Wildman–Crippen MR) is 120 cm³/mol. The molecule has 8 heteroatoms. The summed E-state index contributed by atoms with van der Waals surface area (Å²) in [4.78, 5) is 41.7. The number of hydrogen-bond acceptors (Lipinski definition) is 5. The molecule has 3 amide bonds. The highest BCUT2D eigenvalue weighted by molar-refractivity contribution is 5.99. The van der Waals surface area contributed by atoms with Crippen LogP contribution >= 0.6 is 0 Å². The van der Waals surface area contributed by atoms with Gasteiger partial charge in [-0.25, -0.2) is 0 Å². The van der Waals surface area contributed by atoms with Crippen LogP contribution in [0.1, 0.15) is 50.5 Å². The summed E-state index contributed by atoms with van der Waals surface area (Å²) in [5.74, 6) is -1.99. The summed E-state index contributed by atoms with van der Waals surface area (Å²) in [5.41, 5.74) is -0.0150. The molecule has 3 saturated heterocycles. The Labute approximate surface area is 194 Å². The van der Waals surface area contributed by atoms with Crippen molar-refractivity contribution in [3.05, 3.63) is 35.9 Å². The minimum Gasteiger partial charge on any atom is -0.395 e. The number of carbonyl (C=O) groups is 3. The summed E-state index contributed by atoms with van der Waals surface area (Å²) in [7, 11) is 0. The van der Waals surface area contributed by atoms with E-state index in [1.54, 1.807) is 0 Å². The molecule has 33 heavy (non-hydrogen) atoms. The molecule has 0 radical (unpaired) electrons. The van der Waals surface area contributed by atoms with Crippen molar-refractivity contribution in [2.45, 2.75) is 75.3 Å². The maximum absolute atomic E-state index is 13.5. The molecule has 8 nitrogen and oxygen atoms in total. The highest BCUT2D eigenvalue weighted by Crippen LogP contribution is 2.58. The number of nitrogens with one attached hydrogen (secondary N) is 2. The lowest BCUT2D eigenvalue weighted by molar-refractivity contribution is -0.143. The van der Waals surface area contributed by atoms with E-state index in [0.717, 1.165) is 31.2 Å². The van der Waals surface area contributed by atoms with Crippen molar-refractivity contribution in [3.8, 4) is 0 Å². The normalized spacial score (nSPS) is 33.2. The van der Waals surface area contributed by atoms with Gasteiger partial charge < -0.3 is 25.4 Å². The molecule has 5 rings (SSSR count). The fraction of sp³-hybridized carbons (Fsp3) is 0.640. The molecule has 4 aliphatic rings. The zero-order valence-electron chi connectivity index (χ0n) is 18.9. The van der Waals surface area contributed by atoms with Crippen LogP contribution in [0.4, 0.5) is 0 Å². The van der Waals surface area contributed by atoms with E-state index >= 15 is 0 Å². The Hall–Kier alpha value is -2.45. The number of carbonyl (C=O) groups excluding carboxylic acids is 3. The third-order valence-corrected chi connectivity index (χ3v) is 7.95. The van der Waals surface area contributed by atoms with Gasteiger partial charge in [0.05, 0.1) is 24.5 Å². The molecule has 3 aliphatic heterocycles. The average molecular weight is 456 g/mol. The Bertz CT molecular complexity index is 903. The lowest BCUT2D eigenvalue weighted by Crippen LogP contribution is -2.57. The SMILES string of the molecule is O=C(NC1CCCCC1)C1N(CCO)C(=O)[C@@H]2[C@H](C(=O)NCc3ccccc3)[C@@H]3CCC12O3. The van der Waals surface area contributed by atoms with Crippen LogP contribution in [0.25, 0.3) is 0 Å². The van der Waals surface area contributed by atoms with Gasteiger partial charge in [-0.3, -0.25) is 14.4 Å². The number of benzene rings is 1. The second kappa shape index (κ2) is 9.06. The lowest BCUT2D eigenvalue weighted by Gasteiger charge is -2.35. The second-order valence-electron chi connectivity index (χ2n) is 9.86. The van der Waals surface area contributed by atoms with Crippen molar-refractivity contribution in [2.24, 2.45) is 11.8 Å². The van der Waals surface area contributed by atoms with E-state index in [1.807, 2.05) is 30.3 Å². The standard InChI is InChI=1S/C25H33N3O5/c29-14-13-28-21(23(31)27-17-9-5-2-6-10-17)25-12-11-18(33-25)19(20(25)24(28)32)22(30)26-15-16-7-3-1-4-8-16/h1,3-4,7-8,17-21,29H,2,5-6,9-15H2,(H,26,30)(H,27,31)/t18-,19+,20-,21?,25?/m0/s1. The van der Waals surface area contributed by atoms with Crippen LogP contribution in [-0.4, -0.2) is 64.7 Å². The molecule has 178 valence electrons. The fourth-order valence-electron chi connectivity index (χ4n) is 6.53. The smallest absolute Gasteiger partial charge is 0.246 e. The van der Waals surface area contributed by atoms with Gasteiger partial charge in [-0.15, -0.1) is 0 Å². The molecule has 4 fully saturated rings. The van der Waals surface area contributed by atoms with Crippen molar-refractivity contribution in [1.29, 1.82) is 0 Å². The Morgan fingerprint density at radius 3 is 2.58 bits per heavy atom. The molecule has 1 saturated carbocycles. The quantitative estimate of drug-likeness (QED) is 0.571. The van der Waals surface area contributed by atoms with Gasteiger partial charge in [0.15, 0.2) is 0 Å². The van der Waals surface area contributed by atoms with Crippen LogP contribution < -0.4 is 10.6 Å². The molecule has 1 aromatic rings. The van der Waals surface area contributed by atoms with Gasteiger partial charge >= 0.3 is 0 Å². The van der Waals surface area contributed by atoms with Gasteiger partial charge in [0, 0.05) is 19.1 Å². The molecule has 2 unspecified atom stereocenters. The summed E-state index contributed by atoms with van der Waals surface area (Å²) >= 11 is 0. The molecule has 1 aromatic carbocycles. The minimum absolute atomic E-state index is 0.0617. The number of β-amino-alcohol motifs (C(OH)–C–C–N with tert-alkyl or cyclic N) is 1. The number of fused-ring (bicyclic) bond motifs is 1. The Morgan fingerprint density at radius 1 is 1.09 bits per heavy atom. The van der Waals surface area contributed by atoms with Gasteiger partial charge in [0.2, 0.25) is 17.7 Å². The third-order valence-electron chi connectivity index (χ3n) is 7.95. The first-order valence-electron chi connectivity index (χ1n) is 12.3. The van der Waals surface area contributed by atoms with E-state index in [-0.39, 0.29) is 43.0 Å². The van der Waals surface area contributed by atoms with Crippen LogP contribution in [0.3, 0.4) is 0 Å². The topological polar surface area (TPSA) is 108 Å². The number of aliphatic hydroxyl groups is 1. The van der Waals surface area contributed by atoms with Gasteiger partial charge in [-0.2, -0.15) is 0 Å².